The molecule has 6 nitrogen and oxygen atoms in total. The van der Waals surface area contributed by atoms with Gasteiger partial charge in [-0.1, -0.05) is 12.1 Å². The molecule has 0 aliphatic rings. The highest BCUT2D eigenvalue weighted by Crippen LogP contribution is 2.34. The first-order valence-electron chi connectivity index (χ1n) is 6.77. The highest BCUT2D eigenvalue weighted by atomic mass is 32.2. The van der Waals surface area contributed by atoms with Gasteiger partial charge in [0.25, 0.3) is 0 Å². The van der Waals surface area contributed by atoms with Crippen LogP contribution in [0, 0.1) is 0 Å². The van der Waals surface area contributed by atoms with Gasteiger partial charge in [-0.2, -0.15) is 0 Å². The number of nitrogens with zero attached hydrogens (tertiary/aromatic N) is 3. The van der Waals surface area contributed by atoms with Crippen LogP contribution in [-0.4, -0.2) is 29.6 Å². The third-order valence-corrected chi connectivity index (χ3v) is 4.55. The van der Waals surface area contributed by atoms with E-state index in [1.165, 1.54) is 12.6 Å². The summed E-state index contributed by atoms with van der Waals surface area (Å²) in [5.41, 5.74) is 9.18. The molecular formula is C16H14N4O2S. The van der Waals surface area contributed by atoms with Gasteiger partial charge >= 0.3 is 0 Å². The van der Waals surface area contributed by atoms with Crippen LogP contribution in [0.15, 0.2) is 60.1 Å². The SMILES string of the molecule is CS(=O)(=O)c1ccc(-c2ccnc(N)c2-c2cncnc2)cc1. The van der Waals surface area contributed by atoms with E-state index in [1.807, 2.05) is 6.07 Å². The van der Waals surface area contributed by atoms with Crippen molar-refractivity contribution in [3.63, 3.8) is 0 Å². The molecule has 0 bridgehead atoms. The summed E-state index contributed by atoms with van der Waals surface area (Å²) in [4.78, 5) is 12.4. The van der Waals surface area contributed by atoms with E-state index in [0.717, 1.165) is 22.3 Å². The number of nitrogens with two attached hydrogens (primary N) is 1. The molecule has 0 saturated heterocycles. The van der Waals surface area contributed by atoms with Crippen LogP contribution in [0.3, 0.4) is 0 Å². The van der Waals surface area contributed by atoms with Crippen molar-refractivity contribution in [2.24, 2.45) is 0 Å². The second-order valence-corrected chi connectivity index (χ2v) is 7.06. The van der Waals surface area contributed by atoms with E-state index in [2.05, 4.69) is 15.0 Å². The third kappa shape index (κ3) is 3.04. The lowest BCUT2D eigenvalue weighted by Gasteiger charge is -2.12. The molecule has 1 aromatic carbocycles. The predicted octanol–water partition coefficient (Wildman–Crippen LogP) is 2.19. The Morgan fingerprint density at radius 2 is 1.61 bits per heavy atom. The van der Waals surface area contributed by atoms with Gasteiger partial charge in [0.15, 0.2) is 9.84 Å². The van der Waals surface area contributed by atoms with Gasteiger partial charge in [0.05, 0.1) is 4.90 Å². The Labute approximate surface area is 134 Å². The van der Waals surface area contributed by atoms with E-state index in [-0.39, 0.29) is 4.90 Å². The molecule has 2 N–H and O–H groups in total. The molecule has 7 heteroatoms. The maximum Gasteiger partial charge on any atom is 0.175 e. The first-order valence-corrected chi connectivity index (χ1v) is 8.66. The molecule has 0 atom stereocenters. The fourth-order valence-electron chi connectivity index (χ4n) is 2.33. The topological polar surface area (TPSA) is 98.8 Å². The first kappa shape index (κ1) is 15.1. The minimum Gasteiger partial charge on any atom is -0.383 e. The van der Waals surface area contributed by atoms with E-state index < -0.39 is 9.84 Å². The number of hydrogen-bond acceptors (Lipinski definition) is 6. The fraction of sp³-hybridized carbons (Fsp3) is 0.0625. The van der Waals surface area contributed by atoms with Crippen LogP contribution in [0.4, 0.5) is 5.82 Å². The molecule has 0 unspecified atom stereocenters. The second-order valence-electron chi connectivity index (χ2n) is 5.04. The Morgan fingerprint density at radius 3 is 2.22 bits per heavy atom. The molecule has 0 spiro atoms. The highest BCUT2D eigenvalue weighted by molar-refractivity contribution is 7.90. The molecule has 0 saturated carbocycles. The number of aromatic nitrogens is 3. The number of nitrogen functional groups attached to an aromatic ring is 1. The minimum atomic E-state index is -3.23. The van der Waals surface area contributed by atoms with E-state index in [9.17, 15) is 8.42 Å². The Kier molecular flexibility index (Phi) is 3.79. The minimum absolute atomic E-state index is 0.271. The number of hydrogen-bond donors (Lipinski definition) is 1. The molecule has 0 amide bonds. The summed E-state index contributed by atoms with van der Waals surface area (Å²) in [6.07, 6.45) is 7.56. The van der Waals surface area contributed by atoms with E-state index in [1.54, 1.807) is 42.9 Å². The average molecular weight is 326 g/mol. The molecule has 3 aromatic rings. The fourth-order valence-corrected chi connectivity index (χ4v) is 2.96. The smallest absolute Gasteiger partial charge is 0.175 e. The van der Waals surface area contributed by atoms with Crippen LogP contribution < -0.4 is 5.73 Å². The average Bonchev–Trinajstić information content (AvgIpc) is 2.55. The van der Waals surface area contributed by atoms with Gasteiger partial charge in [-0.05, 0) is 29.3 Å². The van der Waals surface area contributed by atoms with Crippen molar-refractivity contribution in [1.29, 1.82) is 0 Å². The zero-order valence-corrected chi connectivity index (χ0v) is 13.2. The summed E-state index contributed by atoms with van der Waals surface area (Å²) in [5.74, 6) is 0.365. The van der Waals surface area contributed by atoms with Crippen molar-refractivity contribution in [2.75, 3.05) is 12.0 Å². The van der Waals surface area contributed by atoms with Crippen molar-refractivity contribution < 1.29 is 8.42 Å². The van der Waals surface area contributed by atoms with Gasteiger partial charge < -0.3 is 5.73 Å². The maximum atomic E-state index is 11.6. The number of benzene rings is 1. The van der Waals surface area contributed by atoms with Gasteiger partial charge in [0, 0.05) is 36.0 Å². The summed E-state index contributed by atoms with van der Waals surface area (Å²) in [6.45, 7) is 0. The molecule has 116 valence electrons. The summed E-state index contributed by atoms with van der Waals surface area (Å²) >= 11 is 0. The van der Waals surface area contributed by atoms with Gasteiger partial charge in [-0.3, -0.25) is 0 Å². The highest BCUT2D eigenvalue weighted by Gasteiger charge is 2.13. The maximum absolute atomic E-state index is 11.6. The summed E-state index contributed by atoms with van der Waals surface area (Å²) in [7, 11) is -3.23. The van der Waals surface area contributed by atoms with Crippen LogP contribution in [0.1, 0.15) is 0 Å². The molecule has 2 heterocycles. The second kappa shape index (κ2) is 5.77. The Hall–Kier alpha value is -2.80. The number of rotatable bonds is 3. The van der Waals surface area contributed by atoms with Gasteiger partial charge in [0.1, 0.15) is 12.1 Å². The molecular weight excluding hydrogens is 312 g/mol. The summed E-state index contributed by atoms with van der Waals surface area (Å²) in [5, 5.41) is 0. The van der Waals surface area contributed by atoms with Crippen molar-refractivity contribution in [1.82, 2.24) is 15.0 Å². The summed E-state index contributed by atoms with van der Waals surface area (Å²) < 4.78 is 23.2. The Morgan fingerprint density at radius 1 is 0.957 bits per heavy atom. The van der Waals surface area contributed by atoms with Crippen LogP contribution in [0.25, 0.3) is 22.3 Å². The van der Waals surface area contributed by atoms with Gasteiger partial charge in [-0.25, -0.2) is 23.4 Å². The predicted molar refractivity (Wildman–Crippen MR) is 88.2 cm³/mol. The lowest BCUT2D eigenvalue weighted by molar-refractivity contribution is 0.602. The molecule has 0 fully saturated rings. The van der Waals surface area contributed by atoms with Crippen molar-refractivity contribution in [2.45, 2.75) is 4.90 Å². The van der Waals surface area contributed by atoms with Gasteiger partial charge in [0.2, 0.25) is 0 Å². The lowest BCUT2D eigenvalue weighted by atomic mass is 9.97. The number of anilines is 1. The standard InChI is InChI=1S/C16H14N4O2S/c1-23(21,22)13-4-2-11(3-5-13)14-6-7-20-16(17)15(14)12-8-18-10-19-9-12/h2-10H,1H3,(H2,17,20). The summed E-state index contributed by atoms with van der Waals surface area (Å²) in [6, 6.07) is 8.48. The third-order valence-electron chi connectivity index (χ3n) is 3.42. The molecule has 0 aliphatic heterocycles. The molecule has 2 aromatic heterocycles. The first-order chi connectivity index (χ1) is 11.0. The largest absolute Gasteiger partial charge is 0.383 e. The monoisotopic (exact) mass is 326 g/mol. The molecule has 0 radical (unpaired) electrons. The van der Waals surface area contributed by atoms with Gasteiger partial charge in [-0.15, -0.1) is 0 Å². The normalized spacial score (nSPS) is 11.3. The van der Waals surface area contributed by atoms with E-state index in [4.69, 9.17) is 5.73 Å². The molecule has 23 heavy (non-hydrogen) atoms. The number of sulfone groups is 1. The zero-order chi connectivity index (χ0) is 16.4. The van der Waals surface area contributed by atoms with E-state index in [0.29, 0.717) is 5.82 Å². The van der Waals surface area contributed by atoms with Crippen LogP contribution in [0.2, 0.25) is 0 Å². The Balaban J connectivity index is 2.16. The molecule has 3 rings (SSSR count). The van der Waals surface area contributed by atoms with Crippen molar-refractivity contribution >= 4 is 15.7 Å². The number of pyridine rings is 1. The quantitative estimate of drug-likeness (QED) is 0.792. The van der Waals surface area contributed by atoms with Crippen LogP contribution >= 0.6 is 0 Å². The van der Waals surface area contributed by atoms with Crippen LogP contribution in [0.5, 0.6) is 0 Å². The molecule has 0 aliphatic carbocycles. The lowest BCUT2D eigenvalue weighted by Crippen LogP contribution is -1.98. The van der Waals surface area contributed by atoms with E-state index >= 15 is 0 Å². The van der Waals surface area contributed by atoms with Crippen LogP contribution in [-0.2, 0) is 9.84 Å². The van der Waals surface area contributed by atoms with Crippen molar-refractivity contribution in [3.8, 4) is 22.3 Å². The Bertz CT molecular complexity index is 940. The zero-order valence-electron chi connectivity index (χ0n) is 12.3. The van der Waals surface area contributed by atoms with Crippen molar-refractivity contribution in [3.05, 3.63) is 55.2 Å².